The summed E-state index contributed by atoms with van der Waals surface area (Å²) >= 11 is 0. The lowest BCUT2D eigenvalue weighted by Gasteiger charge is -2.23. The van der Waals surface area contributed by atoms with Gasteiger partial charge in [-0.3, -0.25) is 4.79 Å². The van der Waals surface area contributed by atoms with Crippen LogP contribution in [0, 0.1) is 5.92 Å². The maximum atomic E-state index is 12.1. The molecule has 2 atom stereocenters. The Morgan fingerprint density at radius 3 is 2.46 bits per heavy atom. The SMILES string of the molecule is N[C@@H]1CCC[C@H]1CC(=O)NCc1ccc(OC2CCCCC2)cc1. The van der Waals surface area contributed by atoms with Crippen molar-refractivity contribution in [1.29, 1.82) is 0 Å². The molecule has 24 heavy (non-hydrogen) atoms. The summed E-state index contributed by atoms with van der Waals surface area (Å²) in [5.41, 5.74) is 7.14. The summed E-state index contributed by atoms with van der Waals surface area (Å²) in [4.78, 5) is 12.1. The van der Waals surface area contributed by atoms with Gasteiger partial charge in [-0.1, -0.05) is 25.0 Å². The number of ether oxygens (including phenoxy) is 1. The molecule has 0 radical (unpaired) electrons. The maximum absolute atomic E-state index is 12.1. The second-order valence-electron chi connectivity index (χ2n) is 7.36. The first-order chi connectivity index (χ1) is 11.7. The van der Waals surface area contributed by atoms with Gasteiger partial charge in [0, 0.05) is 19.0 Å². The standard InChI is InChI=1S/C20H30N2O2/c21-19-8-4-5-16(19)13-20(23)22-14-15-9-11-18(12-10-15)24-17-6-2-1-3-7-17/h9-12,16-17,19H,1-8,13-14,21H2,(H,22,23)/t16-,19+/m0/s1. The van der Waals surface area contributed by atoms with Gasteiger partial charge < -0.3 is 15.8 Å². The second kappa shape index (κ2) is 8.52. The molecule has 2 fully saturated rings. The van der Waals surface area contributed by atoms with Gasteiger partial charge in [-0.15, -0.1) is 0 Å². The van der Waals surface area contributed by atoms with E-state index in [1.165, 1.54) is 32.1 Å². The second-order valence-corrected chi connectivity index (χ2v) is 7.36. The summed E-state index contributed by atoms with van der Waals surface area (Å²) in [6, 6.07) is 8.32. The number of nitrogens with two attached hydrogens (primary N) is 1. The quantitative estimate of drug-likeness (QED) is 0.838. The fourth-order valence-electron chi connectivity index (χ4n) is 3.89. The molecule has 0 aromatic heterocycles. The van der Waals surface area contributed by atoms with Crippen LogP contribution in [0.15, 0.2) is 24.3 Å². The molecule has 4 nitrogen and oxygen atoms in total. The summed E-state index contributed by atoms with van der Waals surface area (Å²) in [6.45, 7) is 0.574. The normalized spacial score (nSPS) is 24.7. The molecule has 1 amide bonds. The fourth-order valence-corrected chi connectivity index (χ4v) is 3.89. The van der Waals surface area contributed by atoms with Gasteiger partial charge >= 0.3 is 0 Å². The van der Waals surface area contributed by atoms with Crippen molar-refractivity contribution in [1.82, 2.24) is 5.32 Å². The minimum absolute atomic E-state index is 0.111. The smallest absolute Gasteiger partial charge is 0.220 e. The maximum Gasteiger partial charge on any atom is 0.220 e. The van der Waals surface area contributed by atoms with Crippen LogP contribution in [0.25, 0.3) is 0 Å². The molecule has 0 spiro atoms. The summed E-state index contributed by atoms with van der Waals surface area (Å²) in [5, 5.41) is 3.01. The van der Waals surface area contributed by atoms with Crippen molar-refractivity contribution in [3.63, 3.8) is 0 Å². The minimum Gasteiger partial charge on any atom is -0.490 e. The molecule has 2 aliphatic rings. The molecule has 3 rings (SSSR count). The Morgan fingerprint density at radius 1 is 1.04 bits per heavy atom. The first kappa shape index (κ1) is 17.3. The van der Waals surface area contributed by atoms with Crippen molar-refractivity contribution in [2.24, 2.45) is 11.7 Å². The Morgan fingerprint density at radius 2 is 1.79 bits per heavy atom. The van der Waals surface area contributed by atoms with E-state index in [1.54, 1.807) is 0 Å². The number of benzene rings is 1. The Labute approximate surface area is 145 Å². The summed E-state index contributed by atoms with van der Waals surface area (Å²) in [6.07, 6.45) is 10.5. The number of hydrogen-bond donors (Lipinski definition) is 2. The lowest BCUT2D eigenvalue weighted by atomic mass is 9.98. The number of rotatable bonds is 6. The van der Waals surface area contributed by atoms with Gasteiger partial charge in [-0.05, 0) is 62.1 Å². The lowest BCUT2D eigenvalue weighted by molar-refractivity contribution is -0.122. The topological polar surface area (TPSA) is 64.4 Å². The highest BCUT2D eigenvalue weighted by Crippen LogP contribution is 2.27. The predicted molar refractivity (Wildman–Crippen MR) is 95.7 cm³/mol. The molecule has 1 aromatic rings. The van der Waals surface area contributed by atoms with E-state index in [0.29, 0.717) is 25.0 Å². The lowest BCUT2D eigenvalue weighted by Crippen LogP contribution is -2.31. The van der Waals surface area contributed by atoms with Crippen LogP contribution in [0.5, 0.6) is 5.75 Å². The van der Waals surface area contributed by atoms with Crippen molar-refractivity contribution >= 4 is 5.91 Å². The molecule has 2 aliphatic carbocycles. The van der Waals surface area contributed by atoms with Gasteiger partial charge in [0.25, 0.3) is 0 Å². The van der Waals surface area contributed by atoms with Crippen LogP contribution in [0.2, 0.25) is 0 Å². The number of amides is 1. The van der Waals surface area contributed by atoms with E-state index in [9.17, 15) is 4.79 Å². The van der Waals surface area contributed by atoms with Crippen LogP contribution in [-0.2, 0) is 11.3 Å². The molecule has 132 valence electrons. The largest absolute Gasteiger partial charge is 0.490 e. The molecule has 2 saturated carbocycles. The fraction of sp³-hybridized carbons (Fsp3) is 0.650. The predicted octanol–water partition coefficient (Wildman–Crippen LogP) is 3.53. The third-order valence-electron chi connectivity index (χ3n) is 5.43. The van der Waals surface area contributed by atoms with E-state index in [0.717, 1.165) is 30.6 Å². The van der Waals surface area contributed by atoms with Gasteiger partial charge in [0.15, 0.2) is 0 Å². The van der Waals surface area contributed by atoms with Crippen LogP contribution < -0.4 is 15.8 Å². The minimum atomic E-state index is 0.111. The molecular formula is C20H30N2O2. The van der Waals surface area contributed by atoms with Crippen LogP contribution in [0.3, 0.4) is 0 Å². The molecule has 0 heterocycles. The van der Waals surface area contributed by atoms with Gasteiger partial charge in [0.05, 0.1) is 6.10 Å². The van der Waals surface area contributed by atoms with Crippen LogP contribution >= 0.6 is 0 Å². The summed E-state index contributed by atoms with van der Waals surface area (Å²) < 4.78 is 6.04. The molecule has 0 aliphatic heterocycles. The Hall–Kier alpha value is -1.55. The number of hydrogen-bond acceptors (Lipinski definition) is 3. The molecule has 4 heteroatoms. The third kappa shape index (κ3) is 4.97. The van der Waals surface area contributed by atoms with Crippen molar-refractivity contribution in [3.05, 3.63) is 29.8 Å². The number of carbonyl (C=O) groups is 1. The molecule has 1 aromatic carbocycles. The van der Waals surface area contributed by atoms with Crippen LogP contribution in [0.1, 0.15) is 63.4 Å². The zero-order chi connectivity index (χ0) is 16.8. The first-order valence-electron chi connectivity index (χ1n) is 9.48. The molecular weight excluding hydrogens is 300 g/mol. The van der Waals surface area contributed by atoms with Gasteiger partial charge in [-0.25, -0.2) is 0 Å². The van der Waals surface area contributed by atoms with Crippen molar-refractivity contribution in [3.8, 4) is 5.75 Å². The van der Waals surface area contributed by atoms with Crippen molar-refractivity contribution in [2.75, 3.05) is 0 Å². The molecule has 3 N–H and O–H groups in total. The van der Waals surface area contributed by atoms with Crippen molar-refractivity contribution < 1.29 is 9.53 Å². The van der Waals surface area contributed by atoms with E-state index in [2.05, 4.69) is 5.32 Å². The van der Waals surface area contributed by atoms with Gasteiger partial charge in [0.1, 0.15) is 5.75 Å². The van der Waals surface area contributed by atoms with Crippen LogP contribution in [-0.4, -0.2) is 18.1 Å². The third-order valence-corrected chi connectivity index (χ3v) is 5.43. The van der Waals surface area contributed by atoms with E-state index >= 15 is 0 Å². The number of nitrogens with one attached hydrogen (secondary N) is 1. The van der Waals surface area contributed by atoms with E-state index in [4.69, 9.17) is 10.5 Å². The monoisotopic (exact) mass is 330 g/mol. The Bertz CT molecular complexity index is 523. The highest BCUT2D eigenvalue weighted by atomic mass is 16.5. The van der Waals surface area contributed by atoms with E-state index < -0.39 is 0 Å². The van der Waals surface area contributed by atoms with Gasteiger partial charge in [-0.2, -0.15) is 0 Å². The van der Waals surface area contributed by atoms with Gasteiger partial charge in [0.2, 0.25) is 5.91 Å². The van der Waals surface area contributed by atoms with Crippen molar-refractivity contribution in [2.45, 2.75) is 76.5 Å². The summed E-state index contributed by atoms with van der Waals surface area (Å²) in [5.74, 6) is 1.41. The highest BCUT2D eigenvalue weighted by molar-refractivity contribution is 5.76. The Balaban J connectivity index is 1.41. The number of carbonyl (C=O) groups excluding carboxylic acids is 1. The first-order valence-corrected chi connectivity index (χ1v) is 9.48. The highest BCUT2D eigenvalue weighted by Gasteiger charge is 2.25. The summed E-state index contributed by atoms with van der Waals surface area (Å²) in [7, 11) is 0. The van der Waals surface area contributed by atoms with Crippen LogP contribution in [0.4, 0.5) is 0 Å². The zero-order valence-corrected chi connectivity index (χ0v) is 14.5. The Kier molecular flexibility index (Phi) is 6.13. The molecule has 0 unspecified atom stereocenters. The van der Waals surface area contributed by atoms with E-state index in [1.807, 2.05) is 24.3 Å². The molecule has 0 bridgehead atoms. The molecule has 0 saturated heterocycles. The average molecular weight is 330 g/mol. The van der Waals surface area contributed by atoms with E-state index in [-0.39, 0.29) is 11.9 Å². The average Bonchev–Trinajstić information content (AvgIpc) is 3.00. The zero-order valence-electron chi connectivity index (χ0n) is 14.5.